The van der Waals surface area contributed by atoms with Crippen LogP contribution in [-0.2, 0) is 4.79 Å². The van der Waals surface area contributed by atoms with Gasteiger partial charge in [-0.25, -0.2) is 0 Å². The molecule has 2 atom stereocenters. The summed E-state index contributed by atoms with van der Waals surface area (Å²) in [6.07, 6.45) is 1.03. The molecule has 1 saturated heterocycles. The summed E-state index contributed by atoms with van der Waals surface area (Å²) >= 11 is 5.15. The molecule has 2 N–H and O–H groups in total. The van der Waals surface area contributed by atoms with Crippen LogP contribution < -0.4 is 5.73 Å². The Morgan fingerprint density at radius 2 is 2.05 bits per heavy atom. The molecule has 0 bridgehead atoms. The van der Waals surface area contributed by atoms with E-state index in [4.69, 9.17) is 18.0 Å². The van der Waals surface area contributed by atoms with Gasteiger partial charge in [0.25, 0.3) is 0 Å². The number of nitrogens with two attached hydrogens (primary N) is 1. The number of piperazine rings is 1. The van der Waals surface area contributed by atoms with Crippen LogP contribution in [0, 0.1) is 0 Å². The highest BCUT2D eigenvalue weighted by Gasteiger charge is 2.32. The summed E-state index contributed by atoms with van der Waals surface area (Å²) < 4.78 is 0. The molecule has 0 aromatic heterocycles. The normalized spacial score (nSPS) is 21.0. The number of hydrogen-bond donors (Lipinski definition) is 1. The Labute approximate surface area is 131 Å². The number of benzene rings is 1. The third-order valence-corrected chi connectivity index (χ3v) is 4.46. The van der Waals surface area contributed by atoms with Crippen molar-refractivity contribution < 1.29 is 4.79 Å². The highest BCUT2D eigenvalue weighted by Crippen LogP contribution is 2.21. The van der Waals surface area contributed by atoms with E-state index in [0.717, 1.165) is 31.6 Å². The number of likely N-dealkylation sites (N-methyl/N-ethyl adjacent to an activating group) is 1. The first kappa shape index (κ1) is 15.9. The lowest BCUT2D eigenvalue weighted by Crippen LogP contribution is -2.54. The number of rotatable bonds is 4. The molecular weight excluding hydrogens is 282 g/mol. The maximum absolute atomic E-state index is 12.8. The number of nitrogens with zero attached hydrogens (tertiary/aromatic N) is 2. The van der Waals surface area contributed by atoms with Gasteiger partial charge in [0.05, 0.1) is 4.99 Å². The van der Waals surface area contributed by atoms with E-state index < -0.39 is 5.92 Å². The molecular formula is C16H23N3OS. The summed E-state index contributed by atoms with van der Waals surface area (Å²) in [5, 5.41) is 0. The summed E-state index contributed by atoms with van der Waals surface area (Å²) in [7, 11) is 2.11. The topological polar surface area (TPSA) is 49.6 Å². The maximum Gasteiger partial charge on any atom is 0.237 e. The molecule has 114 valence electrons. The maximum atomic E-state index is 12.8. The van der Waals surface area contributed by atoms with Crippen LogP contribution in [0.15, 0.2) is 30.3 Å². The van der Waals surface area contributed by atoms with E-state index >= 15 is 0 Å². The molecule has 1 amide bonds. The zero-order chi connectivity index (χ0) is 15.4. The molecule has 2 rings (SSSR count). The van der Waals surface area contributed by atoms with Gasteiger partial charge in [0.1, 0.15) is 5.92 Å². The molecule has 0 aliphatic carbocycles. The Bertz CT molecular complexity index is 506. The average molecular weight is 305 g/mol. The van der Waals surface area contributed by atoms with Gasteiger partial charge in [-0.2, -0.15) is 0 Å². The Balaban J connectivity index is 2.18. The summed E-state index contributed by atoms with van der Waals surface area (Å²) in [6.45, 7) is 4.52. The molecule has 0 saturated carbocycles. The minimum Gasteiger partial charge on any atom is -0.392 e. The van der Waals surface area contributed by atoms with E-state index in [9.17, 15) is 4.79 Å². The van der Waals surface area contributed by atoms with Crippen molar-refractivity contribution in [2.75, 3.05) is 26.7 Å². The molecule has 1 aromatic rings. The Hall–Kier alpha value is -1.46. The third-order valence-electron chi connectivity index (χ3n) is 4.22. The highest BCUT2D eigenvalue weighted by molar-refractivity contribution is 7.80. The van der Waals surface area contributed by atoms with Crippen molar-refractivity contribution in [1.29, 1.82) is 0 Å². The molecule has 4 nitrogen and oxygen atoms in total. The molecule has 2 unspecified atom stereocenters. The number of carbonyl (C=O) groups excluding carboxylic acids is 1. The predicted molar refractivity (Wildman–Crippen MR) is 89.3 cm³/mol. The van der Waals surface area contributed by atoms with Crippen molar-refractivity contribution in [3.63, 3.8) is 0 Å². The zero-order valence-corrected chi connectivity index (χ0v) is 13.5. The van der Waals surface area contributed by atoms with Gasteiger partial charge in [-0.05, 0) is 19.0 Å². The van der Waals surface area contributed by atoms with Gasteiger partial charge in [0, 0.05) is 25.7 Å². The minimum absolute atomic E-state index is 0.0280. The van der Waals surface area contributed by atoms with Crippen molar-refractivity contribution in [1.82, 2.24) is 9.80 Å². The van der Waals surface area contributed by atoms with E-state index in [0.29, 0.717) is 6.04 Å². The number of carbonyl (C=O) groups is 1. The summed E-state index contributed by atoms with van der Waals surface area (Å²) in [5.41, 5.74) is 6.72. The second-order valence-corrected chi connectivity index (χ2v) is 6.04. The van der Waals surface area contributed by atoms with Crippen molar-refractivity contribution in [3.8, 4) is 0 Å². The molecule has 1 heterocycles. The van der Waals surface area contributed by atoms with Crippen LogP contribution in [0.3, 0.4) is 0 Å². The fourth-order valence-electron chi connectivity index (χ4n) is 2.84. The molecule has 1 aliphatic rings. The van der Waals surface area contributed by atoms with Gasteiger partial charge in [-0.3, -0.25) is 9.69 Å². The average Bonchev–Trinajstić information content (AvgIpc) is 2.48. The van der Waals surface area contributed by atoms with E-state index in [2.05, 4.69) is 18.9 Å². The van der Waals surface area contributed by atoms with E-state index in [1.54, 1.807) is 0 Å². The van der Waals surface area contributed by atoms with E-state index in [1.165, 1.54) is 0 Å². The van der Waals surface area contributed by atoms with Gasteiger partial charge in [-0.1, -0.05) is 49.5 Å². The predicted octanol–water partition coefficient (Wildman–Crippen LogP) is 1.61. The highest BCUT2D eigenvalue weighted by atomic mass is 32.1. The van der Waals surface area contributed by atoms with Crippen LogP contribution in [-0.4, -0.2) is 53.4 Å². The Morgan fingerprint density at radius 3 is 2.62 bits per heavy atom. The first-order chi connectivity index (χ1) is 10.0. The van der Waals surface area contributed by atoms with Crippen LogP contribution in [0.25, 0.3) is 0 Å². The number of thiocarbonyl (C=S) groups is 1. The van der Waals surface area contributed by atoms with Crippen molar-refractivity contribution in [3.05, 3.63) is 35.9 Å². The van der Waals surface area contributed by atoms with Gasteiger partial charge in [-0.15, -0.1) is 0 Å². The molecule has 1 aliphatic heterocycles. The zero-order valence-electron chi connectivity index (χ0n) is 12.7. The van der Waals surface area contributed by atoms with Crippen LogP contribution in [0.4, 0.5) is 0 Å². The summed E-state index contributed by atoms with van der Waals surface area (Å²) in [5.74, 6) is -0.484. The Kier molecular flexibility index (Phi) is 5.31. The molecule has 1 fully saturated rings. The molecule has 5 heteroatoms. The van der Waals surface area contributed by atoms with Gasteiger partial charge >= 0.3 is 0 Å². The Morgan fingerprint density at radius 1 is 1.38 bits per heavy atom. The largest absolute Gasteiger partial charge is 0.392 e. The van der Waals surface area contributed by atoms with Crippen LogP contribution >= 0.6 is 12.2 Å². The molecule has 1 aromatic carbocycles. The second kappa shape index (κ2) is 7.00. The SMILES string of the molecule is CCC1CN(C(=O)C(C(N)=S)c2ccccc2)CCN1C. The molecule has 21 heavy (non-hydrogen) atoms. The second-order valence-electron chi connectivity index (χ2n) is 5.57. The van der Waals surface area contributed by atoms with E-state index in [1.807, 2.05) is 35.2 Å². The number of amides is 1. The third kappa shape index (κ3) is 3.60. The lowest BCUT2D eigenvalue weighted by atomic mass is 9.96. The fourth-order valence-corrected chi connectivity index (χ4v) is 3.08. The van der Waals surface area contributed by atoms with Gasteiger partial charge in [0.15, 0.2) is 0 Å². The van der Waals surface area contributed by atoms with Gasteiger partial charge < -0.3 is 10.6 Å². The first-order valence-corrected chi connectivity index (χ1v) is 7.78. The van der Waals surface area contributed by atoms with Crippen molar-refractivity contribution in [2.24, 2.45) is 5.73 Å². The standard InChI is InChI=1S/C16H23N3OS/c1-3-13-11-19(10-9-18(13)2)16(20)14(15(17)21)12-7-5-4-6-8-12/h4-8,13-14H,3,9-11H2,1-2H3,(H2,17,21). The smallest absolute Gasteiger partial charge is 0.237 e. The van der Waals surface area contributed by atoms with Crippen molar-refractivity contribution in [2.45, 2.75) is 25.3 Å². The summed E-state index contributed by atoms with van der Waals surface area (Å²) in [6, 6.07) is 9.97. The van der Waals surface area contributed by atoms with Crippen LogP contribution in [0.1, 0.15) is 24.8 Å². The summed E-state index contributed by atoms with van der Waals surface area (Å²) in [4.78, 5) is 17.3. The first-order valence-electron chi connectivity index (χ1n) is 7.37. The van der Waals surface area contributed by atoms with Crippen molar-refractivity contribution >= 4 is 23.1 Å². The van der Waals surface area contributed by atoms with Crippen LogP contribution in [0.5, 0.6) is 0 Å². The lowest BCUT2D eigenvalue weighted by Gasteiger charge is -2.40. The lowest BCUT2D eigenvalue weighted by molar-refractivity contribution is -0.134. The number of hydrogen-bond acceptors (Lipinski definition) is 3. The quantitative estimate of drug-likeness (QED) is 0.859. The molecule has 0 spiro atoms. The minimum atomic E-state index is -0.512. The van der Waals surface area contributed by atoms with Gasteiger partial charge in [0.2, 0.25) is 5.91 Å². The fraction of sp³-hybridized carbons (Fsp3) is 0.500. The van der Waals surface area contributed by atoms with E-state index in [-0.39, 0.29) is 10.9 Å². The van der Waals surface area contributed by atoms with Crippen LogP contribution in [0.2, 0.25) is 0 Å². The monoisotopic (exact) mass is 305 g/mol. The molecule has 0 radical (unpaired) electrons.